The van der Waals surface area contributed by atoms with Crippen LogP contribution in [0.2, 0.25) is 0 Å². The fraction of sp³-hybridized carbons (Fsp3) is 0.273. The molecule has 0 aliphatic heterocycles. The summed E-state index contributed by atoms with van der Waals surface area (Å²) in [4.78, 5) is 23.0. The van der Waals surface area contributed by atoms with Crippen molar-refractivity contribution in [2.75, 3.05) is 5.32 Å². The predicted molar refractivity (Wildman–Crippen MR) is 66.0 cm³/mol. The van der Waals surface area contributed by atoms with Crippen LogP contribution in [0.15, 0.2) is 18.6 Å². The molecular formula is C11H13N5O3. The number of rotatable bonds is 4. The fourth-order valence-corrected chi connectivity index (χ4v) is 1.61. The van der Waals surface area contributed by atoms with Crippen LogP contribution in [0.3, 0.4) is 0 Å². The number of carboxylic acids is 1. The Bertz CT molecular complexity index is 628. The third-order valence-corrected chi connectivity index (χ3v) is 2.49. The quantitative estimate of drug-likeness (QED) is 0.840. The molecule has 0 saturated heterocycles. The van der Waals surface area contributed by atoms with E-state index in [1.54, 1.807) is 17.9 Å². The monoisotopic (exact) mass is 263 g/mol. The van der Waals surface area contributed by atoms with Crippen molar-refractivity contribution in [2.24, 2.45) is 7.05 Å². The van der Waals surface area contributed by atoms with E-state index in [1.807, 2.05) is 6.92 Å². The first-order chi connectivity index (χ1) is 9.01. The van der Waals surface area contributed by atoms with Gasteiger partial charge in [-0.05, 0) is 6.92 Å². The summed E-state index contributed by atoms with van der Waals surface area (Å²) in [7, 11) is 1.55. The Morgan fingerprint density at radius 2 is 2.16 bits per heavy atom. The zero-order valence-corrected chi connectivity index (χ0v) is 10.5. The second kappa shape index (κ2) is 4.92. The Labute approximate surface area is 108 Å². The van der Waals surface area contributed by atoms with E-state index in [0.29, 0.717) is 12.2 Å². The van der Waals surface area contributed by atoms with Crippen LogP contribution in [0.1, 0.15) is 27.8 Å². The SMILES string of the molecule is CCn1cc(NC(=O)c2cn(C)nc2C(=O)O)cn1. The van der Waals surface area contributed by atoms with Gasteiger partial charge in [-0.3, -0.25) is 14.2 Å². The number of aromatic nitrogens is 4. The smallest absolute Gasteiger partial charge is 0.357 e. The number of nitrogens with zero attached hydrogens (tertiary/aromatic N) is 4. The molecule has 0 spiro atoms. The third-order valence-electron chi connectivity index (χ3n) is 2.49. The lowest BCUT2D eigenvalue weighted by Crippen LogP contribution is -2.15. The molecule has 0 radical (unpaired) electrons. The van der Waals surface area contributed by atoms with Crippen molar-refractivity contribution < 1.29 is 14.7 Å². The van der Waals surface area contributed by atoms with Gasteiger partial charge in [0.25, 0.3) is 5.91 Å². The van der Waals surface area contributed by atoms with Crippen LogP contribution in [-0.4, -0.2) is 36.5 Å². The molecule has 0 aliphatic carbocycles. The number of aryl methyl sites for hydroxylation is 2. The summed E-state index contributed by atoms with van der Waals surface area (Å²) in [5.74, 6) is -1.77. The number of hydrogen-bond donors (Lipinski definition) is 2. The van der Waals surface area contributed by atoms with Gasteiger partial charge in [0, 0.05) is 26.0 Å². The normalized spacial score (nSPS) is 10.4. The van der Waals surface area contributed by atoms with Gasteiger partial charge >= 0.3 is 5.97 Å². The van der Waals surface area contributed by atoms with Crippen LogP contribution >= 0.6 is 0 Å². The van der Waals surface area contributed by atoms with Crippen LogP contribution in [0, 0.1) is 0 Å². The predicted octanol–water partition coefficient (Wildman–Crippen LogP) is 0.587. The van der Waals surface area contributed by atoms with Gasteiger partial charge in [-0.15, -0.1) is 0 Å². The maximum absolute atomic E-state index is 12.0. The second-order valence-electron chi connectivity index (χ2n) is 3.91. The van der Waals surface area contributed by atoms with E-state index in [-0.39, 0.29) is 11.3 Å². The Morgan fingerprint density at radius 3 is 2.74 bits per heavy atom. The highest BCUT2D eigenvalue weighted by molar-refractivity contribution is 6.09. The van der Waals surface area contributed by atoms with Gasteiger partial charge in [-0.25, -0.2) is 4.79 Å². The maximum atomic E-state index is 12.0. The van der Waals surface area contributed by atoms with Crippen molar-refractivity contribution >= 4 is 17.6 Å². The number of carbonyl (C=O) groups is 2. The Balaban J connectivity index is 2.22. The molecule has 2 heterocycles. The van der Waals surface area contributed by atoms with Crippen LogP contribution in [-0.2, 0) is 13.6 Å². The van der Waals surface area contributed by atoms with Crippen LogP contribution in [0.4, 0.5) is 5.69 Å². The van der Waals surface area contributed by atoms with Crippen molar-refractivity contribution in [3.8, 4) is 0 Å². The summed E-state index contributed by atoms with van der Waals surface area (Å²) in [6.07, 6.45) is 4.52. The molecule has 100 valence electrons. The number of aromatic carboxylic acids is 1. The number of anilines is 1. The number of hydrogen-bond acceptors (Lipinski definition) is 4. The summed E-state index contributed by atoms with van der Waals surface area (Å²) in [5.41, 5.74) is 0.245. The molecule has 0 bridgehead atoms. The molecule has 2 N–H and O–H groups in total. The van der Waals surface area contributed by atoms with Gasteiger partial charge in [0.2, 0.25) is 0 Å². The molecule has 0 unspecified atom stereocenters. The molecule has 0 aliphatic rings. The highest BCUT2D eigenvalue weighted by atomic mass is 16.4. The van der Waals surface area contributed by atoms with Crippen LogP contribution in [0.25, 0.3) is 0 Å². The van der Waals surface area contributed by atoms with E-state index in [4.69, 9.17) is 5.11 Å². The largest absolute Gasteiger partial charge is 0.476 e. The standard InChI is InChI=1S/C11H13N5O3/c1-3-16-5-7(4-12-16)13-10(17)8-6-15(2)14-9(8)11(18)19/h4-6H,3H2,1-2H3,(H,13,17)(H,18,19). The molecule has 0 aromatic carbocycles. The first-order valence-electron chi connectivity index (χ1n) is 5.62. The zero-order chi connectivity index (χ0) is 14.0. The summed E-state index contributed by atoms with van der Waals surface area (Å²) >= 11 is 0. The minimum atomic E-state index is -1.24. The van der Waals surface area contributed by atoms with Gasteiger partial charge in [0.05, 0.1) is 17.4 Å². The Morgan fingerprint density at radius 1 is 1.42 bits per heavy atom. The molecular weight excluding hydrogens is 250 g/mol. The highest BCUT2D eigenvalue weighted by Crippen LogP contribution is 2.11. The molecule has 1 amide bonds. The molecule has 19 heavy (non-hydrogen) atoms. The number of nitrogens with one attached hydrogen (secondary N) is 1. The van der Waals surface area contributed by atoms with Crippen molar-refractivity contribution in [1.82, 2.24) is 19.6 Å². The topological polar surface area (TPSA) is 102 Å². The van der Waals surface area contributed by atoms with Gasteiger partial charge in [-0.2, -0.15) is 10.2 Å². The lowest BCUT2D eigenvalue weighted by molar-refractivity contribution is 0.0685. The van der Waals surface area contributed by atoms with Crippen molar-refractivity contribution in [3.05, 3.63) is 29.8 Å². The molecule has 8 heteroatoms. The minimum absolute atomic E-state index is 0.0132. The second-order valence-corrected chi connectivity index (χ2v) is 3.91. The Hall–Kier alpha value is -2.64. The minimum Gasteiger partial charge on any atom is -0.476 e. The van der Waals surface area contributed by atoms with Crippen molar-refractivity contribution in [3.63, 3.8) is 0 Å². The molecule has 2 aromatic rings. The molecule has 8 nitrogen and oxygen atoms in total. The summed E-state index contributed by atoms with van der Waals surface area (Å²) in [6, 6.07) is 0. The lowest BCUT2D eigenvalue weighted by Gasteiger charge is -2.00. The molecule has 2 aromatic heterocycles. The van der Waals surface area contributed by atoms with E-state index in [0.717, 1.165) is 0 Å². The summed E-state index contributed by atoms with van der Waals surface area (Å²) in [5, 5.41) is 19.3. The third kappa shape index (κ3) is 2.62. The highest BCUT2D eigenvalue weighted by Gasteiger charge is 2.21. The van der Waals surface area contributed by atoms with Crippen molar-refractivity contribution in [2.45, 2.75) is 13.5 Å². The van der Waals surface area contributed by atoms with E-state index in [2.05, 4.69) is 15.5 Å². The Kier molecular flexibility index (Phi) is 3.32. The van der Waals surface area contributed by atoms with Crippen LogP contribution < -0.4 is 5.32 Å². The van der Waals surface area contributed by atoms with E-state index >= 15 is 0 Å². The summed E-state index contributed by atoms with van der Waals surface area (Å²) in [6.45, 7) is 2.60. The zero-order valence-electron chi connectivity index (χ0n) is 10.5. The molecule has 0 fully saturated rings. The van der Waals surface area contributed by atoms with Crippen LogP contribution in [0.5, 0.6) is 0 Å². The summed E-state index contributed by atoms with van der Waals surface area (Å²) < 4.78 is 2.94. The molecule has 0 atom stereocenters. The fourth-order valence-electron chi connectivity index (χ4n) is 1.61. The molecule has 0 saturated carbocycles. The average Bonchev–Trinajstić information content (AvgIpc) is 2.95. The van der Waals surface area contributed by atoms with Gasteiger partial charge in [-0.1, -0.05) is 0 Å². The van der Waals surface area contributed by atoms with Crippen molar-refractivity contribution in [1.29, 1.82) is 0 Å². The van der Waals surface area contributed by atoms with E-state index < -0.39 is 11.9 Å². The first kappa shape index (κ1) is 12.8. The van der Waals surface area contributed by atoms with E-state index in [1.165, 1.54) is 17.1 Å². The lowest BCUT2D eigenvalue weighted by atomic mass is 10.2. The maximum Gasteiger partial charge on any atom is 0.357 e. The number of carbonyl (C=O) groups excluding carboxylic acids is 1. The average molecular weight is 263 g/mol. The number of carboxylic acid groups (broad SMARTS) is 1. The molecule has 2 rings (SSSR count). The van der Waals surface area contributed by atoms with Gasteiger partial charge < -0.3 is 10.4 Å². The van der Waals surface area contributed by atoms with Gasteiger partial charge in [0.1, 0.15) is 0 Å². The van der Waals surface area contributed by atoms with E-state index in [9.17, 15) is 9.59 Å². The first-order valence-corrected chi connectivity index (χ1v) is 5.62. The number of amides is 1. The van der Waals surface area contributed by atoms with Gasteiger partial charge in [0.15, 0.2) is 5.69 Å².